The average molecular weight is 1100 g/mol. The number of piperidine rings is 2. The van der Waals surface area contributed by atoms with Gasteiger partial charge in [0.25, 0.3) is 5.91 Å². The SMILES string of the molecule is CCc1c(F)ccc2cc(O)cc(-c3nc4c5c(nc(OCC67CCCN6[C@H](COC)CC7)nc5c3F)N3CCCOCC3CC4)c12.O=CN1CCN(CC2CCN(c3ccc4c(c3)CN(C3CCC(=O)NC3=O)C4=O)CC2)CC1. The number of anilines is 2. The number of phenols is 1. The van der Waals surface area contributed by atoms with Gasteiger partial charge in [0.15, 0.2) is 5.82 Å². The minimum absolute atomic E-state index is 0.0383. The number of ether oxygens (including phenoxy) is 3. The Kier molecular flexibility index (Phi) is 15.3. The summed E-state index contributed by atoms with van der Waals surface area (Å²) in [4.78, 5) is 75.3. The van der Waals surface area contributed by atoms with Crippen molar-refractivity contribution in [1.82, 2.24) is 39.9 Å². The van der Waals surface area contributed by atoms with E-state index in [9.17, 15) is 24.3 Å². The first-order valence-corrected chi connectivity index (χ1v) is 28.9. The van der Waals surface area contributed by atoms with Crippen molar-refractivity contribution in [3.05, 3.63) is 76.5 Å². The maximum absolute atomic E-state index is 17.1. The second-order valence-electron chi connectivity index (χ2n) is 23.1. The third kappa shape index (κ3) is 10.3. The highest BCUT2D eigenvalue weighted by molar-refractivity contribution is 6.06. The topological polar surface area (TPSA) is 186 Å². The molecule has 20 heteroatoms. The van der Waals surface area contributed by atoms with Gasteiger partial charge in [-0.25, -0.2) is 13.8 Å². The fourth-order valence-corrected chi connectivity index (χ4v) is 14.2. The van der Waals surface area contributed by atoms with Crippen LogP contribution in [0, 0.1) is 17.6 Å². The van der Waals surface area contributed by atoms with Gasteiger partial charge < -0.3 is 38.9 Å². The summed E-state index contributed by atoms with van der Waals surface area (Å²) in [6.45, 7) is 12.9. The van der Waals surface area contributed by atoms with Gasteiger partial charge >= 0.3 is 6.01 Å². The molecule has 4 atom stereocenters. The number of rotatable bonds is 12. The van der Waals surface area contributed by atoms with Crippen molar-refractivity contribution in [2.75, 3.05) is 102 Å². The molecule has 2 aromatic heterocycles. The van der Waals surface area contributed by atoms with Gasteiger partial charge in [0.1, 0.15) is 41.2 Å². The highest BCUT2D eigenvalue weighted by Crippen LogP contribution is 2.45. The molecule has 13 rings (SSSR count). The van der Waals surface area contributed by atoms with Gasteiger partial charge in [-0.2, -0.15) is 9.97 Å². The number of piperazine rings is 1. The molecule has 2 N–H and O–H groups in total. The van der Waals surface area contributed by atoms with E-state index in [2.05, 4.69) is 31.0 Å². The van der Waals surface area contributed by atoms with Crippen molar-refractivity contribution in [2.24, 2.45) is 5.92 Å². The number of methoxy groups -OCH3 is 1. The largest absolute Gasteiger partial charge is 0.508 e. The predicted octanol–water partition coefficient (Wildman–Crippen LogP) is 6.39. The number of carbonyl (C=O) groups is 4. The molecule has 0 saturated carbocycles. The lowest BCUT2D eigenvalue weighted by atomic mass is 9.94. The van der Waals surface area contributed by atoms with Gasteiger partial charge in [-0.15, -0.1) is 0 Å². The van der Waals surface area contributed by atoms with E-state index in [0.717, 1.165) is 121 Å². The third-order valence-electron chi connectivity index (χ3n) is 18.4. The molecule has 6 fully saturated rings. The van der Waals surface area contributed by atoms with E-state index in [1.807, 2.05) is 24.0 Å². The Morgan fingerprint density at radius 2 is 1.70 bits per heavy atom. The number of nitrogens with zero attached hydrogens (tertiary/aromatic N) is 9. The molecule has 8 aliphatic rings. The fourth-order valence-electron chi connectivity index (χ4n) is 14.2. The van der Waals surface area contributed by atoms with Gasteiger partial charge in [-0.1, -0.05) is 13.0 Å². The maximum Gasteiger partial charge on any atom is 0.319 e. The van der Waals surface area contributed by atoms with Crippen LogP contribution >= 0.6 is 0 Å². The lowest BCUT2D eigenvalue weighted by Crippen LogP contribution is -2.52. The predicted molar refractivity (Wildman–Crippen MR) is 297 cm³/mol. The molecule has 4 amide bonds. The molecule has 0 bridgehead atoms. The van der Waals surface area contributed by atoms with Crippen LogP contribution in [0.25, 0.3) is 32.9 Å². The molecule has 3 unspecified atom stereocenters. The summed E-state index contributed by atoms with van der Waals surface area (Å²) in [6, 6.07) is 12.0. The number of nitrogens with one attached hydrogen (secondary N) is 1. The van der Waals surface area contributed by atoms with Crippen molar-refractivity contribution >= 4 is 57.3 Å². The number of hydrogen-bond acceptors (Lipinski definition) is 15. The second-order valence-corrected chi connectivity index (χ2v) is 23.1. The molecule has 0 spiro atoms. The normalized spacial score (nSPS) is 24.6. The summed E-state index contributed by atoms with van der Waals surface area (Å²) in [5.41, 5.74) is 4.26. The maximum atomic E-state index is 17.1. The first kappa shape index (κ1) is 54.0. The van der Waals surface area contributed by atoms with Crippen LogP contribution in [0.4, 0.5) is 20.3 Å². The second kappa shape index (κ2) is 22.7. The minimum Gasteiger partial charge on any atom is -0.508 e. The van der Waals surface area contributed by atoms with Gasteiger partial charge in [0, 0.05) is 102 Å². The van der Waals surface area contributed by atoms with Crippen LogP contribution in [0.3, 0.4) is 0 Å². The summed E-state index contributed by atoms with van der Waals surface area (Å²) in [5, 5.41) is 14.8. The van der Waals surface area contributed by atoms with E-state index in [0.29, 0.717) is 115 Å². The highest BCUT2D eigenvalue weighted by Gasteiger charge is 2.50. The van der Waals surface area contributed by atoms with Gasteiger partial charge in [0.2, 0.25) is 18.2 Å². The standard InChI is InChI=1S/C36H41F2N5O4.C24H31N5O4/c1-3-25-27(37)8-6-21-16-24(44)17-26(29(21)25)32-31(38)33-30-28(39-32)9-7-22-19-46-15-5-13-42(22)34(30)41-35(40-33)47-20-36-11-4-14-43(36)23(10-12-36)18-45-2;30-16-27-11-9-26(10-12-27)14-17-5-7-28(8-6-17)19-1-2-20-18(13-19)15-29(24(20)33)21-3-4-22(31)25-23(21)32/h6,8,16-17,22-23,44H,3-5,7,9-15,18-20H2,1-2H3;1-2,13,16-17,21H,3-12,14-15H2,(H,25,31,32)/t22?,23-,36?;/m0./s1. The number of carbonyl (C=O) groups excluding carboxylic acids is 4. The van der Waals surface area contributed by atoms with E-state index in [1.165, 1.54) is 12.1 Å². The minimum atomic E-state index is -0.637. The van der Waals surface area contributed by atoms with Crippen LogP contribution in [-0.2, 0) is 43.2 Å². The van der Waals surface area contributed by atoms with Crippen LogP contribution in [0.5, 0.6) is 11.8 Å². The molecule has 18 nitrogen and oxygen atoms in total. The molecular weight excluding hydrogens is 1030 g/mol. The lowest BCUT2D eigenvalue weighted by Gasteiger charge is -2.38. The number of fused-ring (bicyclic) bond motifs is 5. The monoisotopic (exact) mass is 1100 g/mol. The molecule has 6 saturated heterocycles. The Morgan fingerprint density at radius 1 is 0.863 bits per heavy atom. The zero-order valence-electron chi connectivity index (χ0n) is 45.9. The number of amides is 4. The van der Waals surface area contributed by atoms with Gasteiger partial charge in [-0.3, -0.25) is 34.3 Å². The van der Waals surface area contributed by atoms with Crippen molar-refractivity contribution in [3.8, 4) is 23.0 Å². The van der Waals surface area contributed by atoms with E-state index in [4.69, 9.17) is 29.2 Å². The van der Waals surface area contributed by atoms with Crippen molar-refractivity contribution in [1.29, 1.82) is 0 Å². The number of hydrogen-bond donors (Lipinski definition) is 2. The quantitative estimate of drug-likeness (QED) is 0.103. The number of imide groups is 1. The van der Waals surface area contributed by atoms with Crippen LogP contribution < -0.4 is 19.9 Å². The third-order valence-corrected chi connectivity index (χ3v) is 18.4. The van der Waals surface area contributed by atoms with E-state index in [1.54, 1.807) is 24.1 Å². The molecule has 0 aliphatic carbocycles. The number of aromatic nitrogens is 3. The fraction of sp³-hybridized carbons (Fsp3) is 0.550. The zero-order chi connectivity index (χ0) is 55.2. The Labute approximate surface area is 464 Å². The Balaban J connectivity index is 0.000000170. The Morgan fingerprint density at radius 3 is 2.49 bits per heavy atom. The first-order valence-electron chi connectivity index (χ1n) is 28.9. The smallest absolute Gasteiger partial charge is 0.319 e. The first-order chi connectivity index (χ1) is 38.9. The highest BCUT2D eigenvalue weighted by atomic mass is 19.1. The molecule has 424 valence electrons. The molecule has 8 aliphatic heterocycles. The number of aromatic hydroxyl groups is 1. The molecule has 3 aromatic carbocycles. The van der Waals surface area contributed by atoms with E-state index < -0.39 is 11.9 Å². The Bertz CT molecular complexity index is 3210. The number of pyridine rings is 1. The number of halogens is 2. The molecule has 0 radical (unpaired) electrons. The van der Waals surface area contributed by atoms with Crippen molar-refractivity contribution in [3.63, 3.8) is 0 Å². The summed E-state index contributed by atoms with van der Waals surface area (Å²) in [7, 11) is 1.75. The number of phenolic OH excluding ortho intramolecular Hbond substituents is 1. The molecule has 5 aromatic rings. The number of aryl methyl sites for hydroxylation is 2. The Hall–Kier alpha value is -6.61. The van der Waals surface area contributed by atoms with Crippen LogP contribution in [0.15, 0.2) is 42.5 Å². The van der Waals surface area contributed by atoms with Crippen molar-refractivity contribution in [2.45, 2.75) is 114 Å². The summed E-state index contributed by atoms with van der Waals surface area (Å²) >= 11 is 0. The summed E-state index contributed by atoms with van der Waals surface area (Å²) < 4.78 is 50.2. The van der Waals surface area contributed by atoms with Crippen LogP contribution in [-0.4, -0.2) is 180 Å². The van der Waals surface area contributed by atoms with Crippen LogP contribution in [0.1, 0.15) is 98.3 Å². The number of benzene rings is 3. The van der Waals surface area contributed by atoms with Gasteiger partial charge in [0.05, 0.1) is 35.9 Å². The van der Waals surface area contributed by atoms with Crippen molar-refractivity contribution < 1.29 is 47.3 Å². The average Bonchev–Trinajstić information content (AvgIpc) is 4.04. The van der Waals surface area contributed by atoms with E-state index in [-0.39, 0.29) is 64.5 Å². The van der Waals surface area contributed by atoms with E-state index >= 15 is 8.78 Å². The molecule has 10 heterocycles. The zero-order valence-corrected chi connectivity index (χ0v) is 45.9. The molecular formula is C60H72F2N10O8. The molecule has 80 heavy (non-hydrogen) atoms. The van der Waals surface area contributed by atoms with Gasteiger partial charge in [-0.05, 0) is 141 Å². The summed E-state index contributed by atoms with van der Waals surface area (Å²) in [6.07, 6.45) is 10.5. The summed E-state index contributed by atoms with van der Waals surface area (Å²) in [5.74, 6) is -0.535. The van der Waals surface area contributed by atoms with Crippen LogP contribution in [0.2, 0.25) is 0 Å². The lowest BCUT2D eigenvalue weighted by molar-refractivity contribution is -0.137.